The summed E-state index contributed by atoms with van der Waals surface area (Å²) in [5.41, 5.74) is -2.37. The van der Waals surface area contributed by atoms with Crippen LogP contribution >= 0.6 is 0 Å². The molecule has 2 rings (SSSR count). The highest BCUT2D eigenvalue weighted by Crippen LogP contribution is 2.55. The number of carbonyl (C=O) groups is 1. The summed E-state index contributed by atoms with van der Waals surface area (Å²) < 4.78 is 68.4. The van der Waals surface area contributed by atoms with Crippen LogP contribution in [-0.4, -0.2) is 50.8 Å². The minimum absolute atomic E-state index is 0.0627. The summed E-state index contributed by atoms with van der Waals surface area (Å²) in [5.74, 6) is -1.08. The van der Waals surface area contributed by atoms with Crippen molar-refractivity contribution in [2.45, 2.75) is 30.0 Å². The largest absolute Gasteiger partial charge is 0.465 e. The van der Waals surface area contributed by atoms with Crippen LogP contribution in [0.5, 0.6) is 0 Å². The Hall–Kier alpha value is -0.830. The molecule has 110 valence electrons. The van der Waals surface area contributed by atoms with Gasteiger partial charge in [-0.25, -0.2) is 8.42 Å². The van der Waals surface area contributed by atoms with Crippen LogP contribution in [0, 0.1) is 5.41 Å². The van der Waals surface area contributed by atoms with Crippen LogP contribution in [0.3, 0.4) is 0 Å². The fourth-order valence-electron chi connectivity index (χ4n) is 2.87. The lowest BCUT2D eigenvalue weighted by Crippen LogP contribution is -2.45. The number of hydrogen-bond acceptors (Lipinski definition) is 5. The predicted molar refractivity (Wildman–Crippen MR) is 59.1 cm³/mol. The highest BCUT2D eigenvalue weighted by atomic mass is 32.2. The molecule has 0 aromatic heterocycles. The highest BCUT2D eigenvalue weighted by Gasteiger charge is 2.72. The molecular formula is C10H14F3NO4S. The first-order chi connectivity index (χ1) is 8.67. The molecule has 0 radical (unpaired) electrons. The molecule has 0 spiro atoms. The van der Waals surface area contributed by atoms with Crippen LogP contribution in [0.15, 0.2) is 0 Å². The molecule has 0 aromatic carbocycles. The second kappa shape index (κ2) is 4.34. The molecule has 2 aliphatic rings. The van der Waals surface area contributed by atoms with Crippen molar-refractivity contribution in [3.8, 4) is 0 Å². The molecule has 0 amide bonds. The minimum Gasteiger partial charge on any atom is -0.465 e. The van der Waals surface area contributed by atoms with E-state index in [1.54, 1.807) is 0 Å². The Morgan fingerprint density at radius 3 is 2.58 bits per heavy atom. The second-order valence-corrected chi connectivity index (χ2v) is 7.12. The van der Waals surface area contributed by atoms with Crippen LogP contribution in [0.2, 0.25) is 0 Å². The molecule has 5 nitrogen and oxygen atoms in total. The zero-order chi connectivity index (χ0) is 14.5. The summed E-state index contributed by atoms with van der Waals surface area (Å²) in [6.07, 6.45) is -5.43. The molecule has 0 aliphatic carbocycles. The van der Waals surface area contributed by atoms with Crippen LogP contribution in [-0.2, 0) is 19.4 Å². The molecule has 0 saturated carbocycles. The van der Waals surface area contributed by atoms with Crippen molar-refractivity contribution < 1.29 is 31.1 Å². The molecular weight excluding hydrogens is 287 g/mol. The Morgan fingerprint density at radius 2 is 2.11 bits per heavy atom. The number of ether oxygens (including phenoxy) is 1. The van der Waals surface area contributed by atoms with Crippen molar-refractivity contribution in [1.82, 2.24) is 5.32 Å². The quantitative estimate of drug-likeness (QED) is 0.741. The molecule has 2 heterocycles. The predicted octanol–water partition coefficient (Wildman–Crippen LogP) is 0.257. The average molecular weight is 301 g/mol. The normalized spacial score (nSPS) is 37.1. The van der Waals surface area contributed by atoms with E-state index in [0.717, 1.165) is 0 Å². The lowest BCUT2D eigenvalue weighted by atomic mass is 9.81. The number of alkyl halides is 3. The first-order valence-corrected chi connectivity index (χ1v) is 7.44. The molecule has 3 atom stereocenters. The van der Waals surface area contributed by atoms with Crippen molar-refractivity contribution in [2.24, 2.45) is 5.41 Å². The summed E-state index contributed by atoms with van der Waals surface area (Å²) in [5, 5.41) is -0.842. The maximum atomic E-state index is 13.2. The average Bonchev–Trinajstić information content (AvgIpc) is 2.77. The van der Waals surface area contributed by atoms with Gasteiger partial charge in [0.2, 0.25) is 0 Å². The van der Waals surface area contributed by atoms with Gasteiger partial charge in [0, 0.05) is 13.1 Å². The Kier molecular flexibility index (Phi) is 3.33. The SMILES string of the molecule is CCOC(=O)C1C[C@]2(C(F)(F)F)CNC[C@@H]2S1(=O)=O. The van der Waals surface area contributed by atoms with Gasteiger partial charge >= 0.3 is 12.1 Å². The van der Waals surface area contributed by atoms with Crippen LogP contribution in [0.25, 0.3) is 0 Å². The van der Waals surface area contributed by atoms with E-state index >= 15 is 0 Å². The van der Waals surface area contributed by atoms with E-state index in [1.165, 1.54) is 6.92 Å². The first-order valence-electron chi connectivity index (χ1n) is 5.83. The van der Waals surface area contributed by atoms with E-state index in [0.29, 0.717) is 0 Å². The molecule has 9 heteroatoms. The van der Waals surface area contributed by atoms with E-state index in [4.69, 9.17) is 0 Å². The molecule has 0 aromatic rings. The van der Waals surface area contributed by atoms with Crippen LogP contribution < -0.4 is 5.32 Å². The van der Waals surface area contributed by atoms with Gasteiger partial charge in [-0.1, -0.05) is 0 Å². The maximum absolute atomic E-state index is 13.2. The van der Waals surface area contributed by atoms with E-state index < -0.39 is 50.9 Å². The molecule has 2 aliphatic heterocycles. The number of halogens is 3. The van der Waals surface area contributed by atoms with Gasteiger partial charge in [-0.2, -0.15) is 13.2 Å². The number of hydrogen-bond donors (Lipinski definition) is 1. The first kappa shape index (κ1) is 14.6. The van der Waals surface area contributed by atoms with Gasteiger partial charge in [0.25, 0.3) is 0 Å². The van der Waals surface area contributed by atoms with E-state index in [1.807, 2.05) is 0 Å². The summed E-state index contributed by atoms with van der Waals surface area (Å²) in [4.78, 5) is 11.6. The van der Waals surface area contributed by atoms with Gasteiger partial charge in [0.1, 0.15) is 0 Å². The summed E-state index contributed by atoms with van der Waals surface area (Å²) in [6.45, 7) is 0.655. The van der Waals surface area contributed by atoms with Crippen molar-refractivity contribution >= 4 is 15.8 Å². The molecule has 2 saturated heterocycles. The van der Waals surface area contributed by atoms with Gasteiger partial charge in [-0.3, -0.25) is 4.79 Å². The minimum atomic E-state index is -4.67. The number of sulfone groups is 1. The Morgan fingerprint density at radius 1 is 1.47 bits per heavy atom. The molecule has 19 heavy (non-hydrogen) atoms. The summed E-state index contributed by atoms with van der Waals surface area (Å²) >= 11 is 0. The fourth-order valence-corrected chi connectivity index (χ4v) is 5.42. The summed E-state index contributed by atoms with van der Waals surface area (Å²) in [7, 11) is -4.18. The van der Waals surface area contributed by atoms with E-state index in [9.17, 15) is 26.4 Å². The summed E-state index contributed by atoms with van der Waals surface area (Å²) in [6, 6.07) is 0. The zero-order valence-corrected chi connectivity index (χ0v) is 11.0. The van der Waals surface area contributed by atoms with Gasteiger partial charge in [-0.05, 0) is 13.3 Å². The number of esters is 1. The van der Waals surface area contributed by atoms with Gasteiger partial charge in [-0.15, -0.1) is 0 Å². The molecule has 1 N–H and O–H groups in total. The monoisotopic (exact) mass is 301 g/mol. The number of fused-ring (bicyclic) bond motifs is 1. The van der Waals surface area contributed by atoms with Gasteiger partial charge in [0.05, 0.1) is 17.3 Å². The smallest absolute Gasteiger partial charge is 0.397 e. The van der Waals surface area contributed by atoms with Crippen molar-refractivity contribution in [3.63, 3.8) is 0 Å². The Labute approximate surface area is 108 Å². The maximum Gasteiger partial charge on any atom is 0.397 e. The number of nitrogens with one attached hydrogen (secondary N) is 1. The Bertz CT molecular complexity index is 489. The van der Waals surface area contributed by atoms with Crippen LogP contribution in [0.1, 0.15) is 13.3 Å². The number of carbonyl (C=O) groups excluding carboxylic acids is 1. The topological polar surface area (TPSA) is 72.5 Å². The van der Waals surface area contributed by atoms with Crippen molar-refractivity contribution in [1.29, 1.82) is 0 Å². The Balaban J connectivity index is 2.42. The van der Waals surface area contributed by atoms with Crippen molar-refractivity contribution in [2.75, 3.05) is 19.7 Å². The van der Waals surface area contributed by atoms with Gasteiger partial charge in [0.15, 0.2) is 15.1 Å². The van der Waals surface area contributed by atoms with Crippen LogP contribution in [0.4, 0.5) is 13.2 Å². The lowest BCUT2D eigenvalue weighted by molar-refractivity contribution is -0.215. The molecule has 2 fully saturated rings. The third-order valence-corrected chi connectivity index (χ3v) is 6.41. The van der Waals surface area contributed by atoms with Crippen molar-refractivity contribution in [3.05, 3.63) is 0 Å². The highest BCUT2D eigenvalue weighted by molar-refractivity contribution is 7.93. The third-order valence-electron chi connectivity index (χ3n) is 3.84. The number of rotatable bonds is 2. The standard InChI is InChI=1S/C10H14F3NO4S/c1-2-18-8(15)6-3-9(10(11,12)13)5-14-4-7(9)19(6,16)17/h6-7,14H,2-5H2,1H3/t6?,7-,9-/m0/s1. The second-order valence-electron chi connectivity index (χ2n) is 4.81. The van der Waals surface area contributed by atoms with E-state index in [2.05, 4.69) is 10.1 Å². The zero-order valence-electron chi connectivity index (χ0n) is 10.2. The fraction of sp³-hybridized carbons (Fsp3) is 0.900. The third kappa shape index (κ3) is 1.94. The molecule has 1 unspecified atom stereocenters. The van der Waals surface area contributed by atoms with Gasteiger partial charge < -0.3 is 10.1 Å². The van der Waals surface area contributed by atoms with E-state index in [-0.39, 0.29) is 13.2 Å². The molecule has 0 bridgehead atoms. The lowest BCUT2D eigenvalue weighted by Gasteiger charge is -2.29.